The SMILES string of the molecule is C1=CN2C=Cc3ccccc3C2=NO1. The second kappa shape index (κ2) is 2.73. The third kappa shape index (κ3) is 0.956. The minimum atomic E-state index is 0.839. The maximum atomic E-state index is 4.93. The van der Waals surface area contributed by atoms with E-state index in [0.717, 1.165) is 11.4 Å². The van der Waals surface area contributed by atoms with Crippen LogP contribution in [0.5, 0.6) is 0 Å². The van der Waals surface area contributed by atoms with Crippen molar-refractivity contribution in [1.29, 1.82) is 0 Å². The molecule has 14 heavy (non-hydrogen) atoms. The number of fused-ring (bicyclic) bond motifs is 3. The molecule has 0 saturated heterocycles. The van der Waals surface area contributed by atoms with Gasteiger partial charge in [-0.25, -0.2) is 0 Å². The molecule has 1 aromatic carbocycles. The summed E-state index contributed by atoms with van der Waals surface area (Å²) in [5.41, 5.74) is 2.26. The molecule has 0 fully saturated rings. The van der Waals surface area contributed by atoms with Crippen molar-refractivity contribution < 1.29 is 4.84 Å². The van der Waals surface area contributed by atoms with Gasteiger partial charge in [-0.05, 0) is 11.6 Å². The van der Waals surface area contributed by atoms with Gasteiger partial charge >= 0.3 is 0 Å². The van der Waals surface area contributed by atoms with Crippen molar-refractivity contribution in [3.63, 3.8) is 0 Å². The lowest BCUT2D eigenvalue weighted by Crippen LogP contribution is -2.26. The summed E-state index contributed by atoms with van der Waals surface area (Å²) in [6, 6.07) is 8.10. The quantitative estimate of drug-likeness (QED) is 0.617. The van der Waals surface area contributed by atoms with Crippen molar-refractivity contribution in [3.8, 4) is 0 Å². The van der Waals surface area contributed by atoms with Gasteiger partial charge in [-0.1, -0.05) is 29.4 Å². The van der Waals surface area contributed by atoms with E-state index in [-0.39, 0.29) is 0 Å². The highest BCUT2D eigenvalue weighted by Crippen LogP contribution is 2.21. The molecule has 0 unspecified atom stereocenters. The van der Waals surface area contributed by atoms with E-state index in [1.807, 2.05) is 35.5 Å². The van der Waals surface area contributed by atoms with E-state index in [1.165, 1.54) is 5.56 Å². The molecular weight excluding hydrogens is 176 g/mol. The summed E-state index contributed by atoms with van der Waals surface area (Å²) in [4.78, 5) is 6.86. The second-order valence-corrected chi connectivity index (χ2v) is 3.12. The summed E-state index contributed by atoms with van der Waals surface area (Å²) in [5.74, 6) is 0.839. The zero-order valence-electron chi connectivity index (χ0n) is 7.42. The van der Waals surface area contributed by atoms with Crippen LogP contribution in [0.15, 0.2) is 48.1 Å². The van der Waals surface area contributed by atoms with E-state index >= 15 is 0 Å². The number of amidine groups is 1. The number of hydrogen-bond acceptors (Lipinski definition) is 3. The van der Waals surface area contributed by atoms with E-state index in [9.17, 15) is 0 Å². The van der Waals surface area contributed by atoms with Crippen molar-refractivity contribution in [2.75, 3.05) is 0 Å². The molecule has 0 spiro atoms. The lowest BCUT2D eigenvalue weighted by Gasteiger charge is -2.24. The van der Waals surface area contributed by atoms with Crippen LogP contribution in [0.25, 0.3) is 6.08 Å². The van der Waals surface area contributed by atoms with Crippen molar-refractivity contribution >= 4 is 11.9 Å². The van der Waals surface area contributed by atoms with Crippen LogP contribution in [-0.2, 0) is 4.84 Å². The highest BCUT2D eigenvalue weighted by atomic mass is 16.6. The number of benzene rings is 1. The highest BCUT2D eigenvalue weighted by Gasteiger charge is 2.18. The molecule has 2 aliphatic rings. The van der Waals surface area contributed by atoms with Gasteiger partial charge in [-0.2, -0.15) is 0 Å². The molecule has 0 amide bonds. The Morgan fingerprint density at radius 1 is 1.14 bits per heavy atom. The smallest absolute Gasteiger partial charge is 0.184 e. The Morgan fingerprint density at radius 2 is 2.07 bits per heavy atom. The van der Waals surface area contributed by atoms with Gasteiger partial charge in [0.1, 0.15) is 6.26 Å². The Labute approximate surface area is 81.6 Å². The van der Waals surface area contributed by atoms with Gasteiger partial charge in [0.2, 0.25) is 0 Å². The van der Waals surface area contributed by atoms with E-state index in [2.05, 4.69) is 17.3 Å². The molecular formula is C11H8N2O. The Bertz CT molecular complexity index is 460. The summed E-state index contributed by atoms with van der Waals surface area (Å²) in [7, 11) is 0. The van der Waals surface area contributed by atoms with Crippen LogP contribution in [0.3, 0.4) is 0 Å². The largest absolute Gasteiger partial charge is 0.361 e. The first-order chi connectivity index (χ1) is 6.95. The minimum Gasteiger partial charge on any atom is -0.361 e. The van der Waals surface area contributed by atoms with E-state index in [0.29, 0.717) is 0 Å². The summed E-state index contributed by atoms with van der Waals surface area (Å²) in [6.45, 7) is 0. The molecule has 0 saturated carbocycles. The molecule has 0 radical (unpaired) electrons. The minimum absolute atomic E-state index is 0.839. The Hall–Kier alpha value is -2.03. The van der Waals surface area contributed by atoms with Gasteiger partial charge < -0.3 is 9.74 Å². The van der Waals surface area contributed by atoms with Gasteiger partial charge in [0.05, 0.1) is 0 Å². The maximum absolute atomic E-state index is 4.93. The first-order valence-corrected chi connectivity index (χ1v) is 4.41. The Kier molecular flexibility index (Phi) is 1.44. The Balaban J connectivity index is 2.20. The van der Waals surface area contributed by atoms with Crippen LogP contribution in [0.1, 0.15) is 11.1 Å². The van der Waals surface area contributed by atoms with Crippen molar-refractivity contribution in [3.05, 3.63) is 54.1 Å². The number of hydrogen-bond donors (Lipinski definition) is 0. The monoisotopic (exact) mass is 184 g/mol. The number of nitrogens with zero attached hydrogens (tertiary/aromatic N) is 2. The third-order valence-corrected chi connectivity index (χ3v) is 2.28. The van der Waals surface area contributed by atoms with Crippen LogP contribution in [-0.4, -0.2) is 10.7 Å². The van der Waals surface area contributed by atoms with E-state index in [4.69, 9.17) is 4.84 Å². The maximum Gasteiger partial charge on any atom is 0.184 e. The lowest BCUT2D eigenvalue weighted by atomic mass is 10.0. The molecule has 68 valence electrons. The third-order valence-electron chi connectivity index (χ3n) is 2.28. The topological polar surface area (TPSA) is 24.8 Å². The predicted octanol–water partition coefficient (Wildman–Crippen LogP) is 2.14. The van der Waals surface area contributed by atoms with Gasteiger partial charge in [-0.3, -0.25) is 0 Å². The van der Waals surface area contributed by atoms with Gasteiger partial charge in [0, 0.05) is 18.0 Å². The van der Waals surface area contributed by atoms with Crippen LogP contribution in [0, 0.1) is 0 Å². The summed E-state index contributed by atoms with van der Waals surface area (Å²) in [6.07, 6.45) is 7.43. The summed E-state index contributed by atoms with van der Waals surface area (Å²) in [5, 5.41) is 4.00. The fraction of sp³-hybridized carbons (Fsp3) is 0. The standard InChI is InChI=1S/C11H8N2O/c1-2-4-10-9(3-1)5-6-13-7-8-14-12-11(10)13/h1-8H. The molecule has 3 nitrogen and oxygen atoms in total. The molecule has 0 aromatic heterocycles. The van der Waals surface area contributed by atoms with Crippen LogP contribution in [0.2, 0.25) is 0 Å². The molecule has 0 atom stereocenters. The zero-order chi connectivity index (χ0) is 9.38. The average molecular weight is 184 g/mol. The first kappa shape index (κ1) is 7.38. The van der Waals surface area contributed by atoms with Crippen molar-refractivity contribution in [2.24, 2.45) is 5.16 Å². The average Bonchev–Trinajstić information content (AvgIpc) is 2.29. The normalized spacial score (nSPS) is 16.9. The zero-order valence-corrected chi connectivity index (χ0v) is 7.42. The first-order valence-electron chi connectivity index (χ1n) is 4.41. The molecule has 0 aliphatic carbocycles. The van der Waals surface area contributed by atoms with Crippen LogP contribution < -0.4 is 0 Å². The van der Waals surface area contributed by atoms with E-state index in [1.54, 1.807) is 6.26 Å². The fourth-order valence-electron chi connectivity index (χ4n) is 1.61. The van der Waals surface area contributed by atoms with Gasteiger partial charge in [-0.15, -0.1) is 0 Å². The highest BCUT2D eigenvalue weighted by molar-refractivity contribution is 6.04. The van der Waals surface area contributed by atoms with Crippen molar-refractivity contribution in [1.82, 2.24) is 4.90 Å². The van der Waals surface area contributed by atoms with Gasteiger partial charge in [0.25, 0.3) is 0 Å². The molecule has 0 N–H and O–H groups in total. The van der Waals surface area contributed by atoms with Crippen molar-refractivity contribution in [2.45, 2.75) is 0 Å². The number of rotatable bonds is 0. The molecule has 2 heterocycles. The number of oxime groups is 1. The fourth-order valence-corrected chi connectivity index (χ4v) is 1.61. The molecule has 3 rings (SSSR count). The van der Waals surface area contributed by atoms with Crippen LogP contribution in [0.4, 0.5) is 0 Å². The lowest BCUT2D eigenvalue weighted by molar-refractivity contribution is 0.249. The van der Waals surface area contributed by atoms with Gasteiger partial charge in [0.15, 0.2) is 5.84 Å². The predicted molar refractivity (Wildman–Crippen MR) is 54.1 cm³/mol. The molecule has 3 heteroatoms. The van der Waals surface area contributed by atoms with E-state index < -0.39 is 0 Å². The van der Waals surface area contributed by atoms with Crippen LogP contribution >= 0.6 is 0 Å². The summed E-state index contributed by atoms with van der Waals surface area (Å²) >= 11 is 0. The Morgan fingerprint density at radius 3 is 3.07 bits per heavy atom. The second-order valence-electron chi connectivity index (χ2n) is 3.12. The molecule has 1 aromatic rings. The molecule has 0 bridgehead atoms. The summed E-state index contributed by atoms with van der Waals surface area (Å²) < 4.78 is 0. The molecule has 2 aliphatic heterocycles.